The smallest absolute Gasteiger partial charge is 0.163 e. The van der Waals surface area contributed by atoms with Gasteiger partial charge in [-0.25, -0.2) is 9.67 Å². The Morgan fingerprint density at radius 2 is 1.81 bits per heavy atom. The fourth-order valence-corrected chi connectivity index (χ4v) is 3.46. The summed E-state index contributed by atoms with van der Waals surface area (Å²) in [4.78, 5) is 30.7. The van der Waals surface area contributed by atoms with Crippen LogP contribution in [-0.2, 0) is 6.42 Å². The SMILES string of the molecule is Cc1ccc(-c2cc(C(=O)CCc3cnc(C)cn3)cc(-n3ncnc3C(C)C)c2)nc1. The Morgan fingerprint density at radius 3 is 2.50 bits per heavy atom. The molecule has 0 fully saturated rings. The van der Waals surface area contributed by atoms with E-state index in [1.165, 1.54) is 0 Å². The first-order chi connectivity index (χ1) is 15.4. The Bertz CT molecular complexity index is 1230. The summed E-state index contributed by atoms with van der Waals surface area (Å²) in [5.74, 6) is 1.07. The Labute approximate surface area is 187 Å². The van der Waals surface area contributed by atoms with E-state index in [1.807, 2.05) is 50.4 Å². The van der Waals surface area contributed by atoms with Gasteiger partial charge in [0.25, 0.3) is 0 Å². The lowest BCUT2D eigenvalue weighted by atomic mass is 10.00. The maximum absolute atomic E-state index is 13.1. The van der Waals surface area contributed by atoms with E-state index < -0.39 is 0 Å². The van der Waals surface area contributed by atoms with E-state index >= 15 is 0 Å². The summed E-state index contributed by atoms with van der Waals surface area (Å²) in [5, 5.41) is 4.41. The van der Waals surface area contributed by atoms with Crippen molar-refractivity contribution in [2.24, 2.45) is 0 Å². The average Bonchev–Trinajstić information content (AvgIpc) is 3.29. The lowest BCUT2D eigenvalue weighted by molar-refractivity contribution is 0.0982. The summed E-state index contributed by atoms with van der Waals surface area (Å²) in [6.07, 6.45) is 7.70. The first kappa shape index (κ1) is 21.5. The van der Waals surface area contributed by atoms with Crippen LogP contribution in [0.3, 0.4) is 0 Å². The van der Waals surface area contributed by atoms with Crippen molar-refractivity contribution in [1.29, 1.82) is 0 Å². The molecular formula is C25H26N6O. The molecule has 162 valence electrons. The molecule has 7 heteroatoms. The van der Waals surface area contributed by atoms with Crippen LogP contribution >= 0.6 is 0 Å². The van der Waals surface area contributed by atoms with E-state index in [1.54, 1.807) is 23.4 Å². The monoisotopic (exact) mass is 426 g/mol. The van der Waals surface area contributed by atoms with Gasteiger partial charge in [0.15, 0.2) is 5.78 Å². The first-order valence-electron chi connectivity index (χ1n) is 10.7. The lowest BCUT2D eigenvalue weighted by Gasteiger charge is -2.13. The number of Topliss-reactive ketones (excluding diaryl/α,β-unsaturated/α-hetero) is 1. The molecule has 0 radical (unpaired) electrons. The molecule has 0 aliphatic heterocycles. The summed E-state index contributed by atoms with van der Waals surface area (Å²) in [6.45, 7) is 8.03. The van der Waals surface area contributed by atoms with Crippen molar-refractivity contribution in [1.82, 2.24) is 29.7 Å². The highest BCUT2D eigenvalue weighted by molar-refractivity contribution is 5.98. The number of pyridine rings is 1. The van der Waals surface area contributed by atoms with E-state index in [9.17, 15) is 4.79 Å². The van der Waals surface area contributed by atoms with Crippen LogP contribution in [0.5, 0.6) is 0 Å². The van der Waals surface area contributed by atoms with E-state index in [-0.39, 0.29) is 11.7 Å². The molecule has 0 N–H and O–H groups in total. The Balaban J connectivity index is 1.71. The van der Waals surface area contributed by atoms with Gasteiger partial charge in [0.2, 0.25) is 0 Å². The van der Waals surface area contributed by atoms with Crippen LogP contribution < -0.4 is 0 Å². The summed E-state index contributed by atoms with van der Waals surface area (Å²) in [6, 6.07) is 9.76. The molecule has 1 aromatic carbocycles. The van der Waals surface area contributed by atoms with Gasteiger partial charge in [0.05, 0.1) is 22.8 Å². The van der Waals surface area contributed by atoms with Gasteiger partial charge in [-0.3, -0.25) is 19.7 Å². The van der Waals surface area contributed by atoms with Crippen LogP contribution in [0.1, 0.15) is 59.3 Å². The van der Waals surface area contributed by atoms with Crippen LogP contribution in [0.25, 0.3) is 16.9 Å². The van der Waals surface area contributed by atoms with E-state index in [0.717, 1.165) is 39.7 Å². The predicted molar refractivity (Wildman–Crippen MR) is 123 cm³/mol. The van der Waals surface area contributed by atoms with Gasteiger partial charge >= 0.3 is 0 Å². The Hall–Kier alpha value is -3.74. The summed E-state index contributed by atoms with van der Waals surface area (Å²) < 4.78 is 1.80. The average molecular weight is 427 g/mol. The molecule has 3 aromatic heterocycles. The highest BCUT2D eigenvalue weighted by Crippen LogP contribution is 2.26. The molecule has 0 aliphatic carbocycles. The number of carbonyl (C=O) groups excluding carboxylic acids is 1. The normalized spacial score (nSPS) is 11.2. The minimum absolute atomic E-state index is 0.0359. The molecule has 0 saturated carbocycles. The summed E-state index contributed by atoms with van der Waals surface area (Å²) >= 11 is 0. The van der Waals surface area contributed by atoms with E-state index in [0.29, 0.717) is 18.4 Å². The topological polar surface area (TPSA) is 86.5 Å². The van der Waals surface area contributed by atoms with Gasteiger partial charge in [0, 0.05) is 42.1 Å². The maximum atomic E-state index is 13.1. The van der Waals surface area contributed by atoms with Crippen molar-refractivity contribution >= 4 is 5.78 Å². The molecule has 0 atom stereocenters. The number of nitrogens with zero attached hydrogens (tertiary/aromatic N) is 6. The summed E-state index contributed by atoms with van der Waals surface area (Å²) in [5.41, 5.74) is 5.83. The van der Waals surface area contributed by atoms with Gasteiger partial charge in [-0.1, -0.05) is 19.9 Å². The number of hydrogen-bond acceptors (Lipinski definition) is 6. The number of hydrogen-bond donors (Lipinski definition) is 0. The van der Waals surface area contributed by atoms with Crippen molar-refractivity contribution in [2.45, 2.75) is 46.5 Å². The van der Waals surface area contributed by atoms with Crippen LogP contribution in [-0.4, -0.2) is 35.5 Å². The molecule has 0 bridgehead atoms. The zero-order chi connectivity index (χ0) is 22.7. The number of aryl methyl sites for hydroxylation is 3. The molecule has 0 amide bonds. The van der Waals surface area contributed by atoms with E-state index in [2.05, 4.69) is 38.9 Å². The predicted octanol–water partition coefficient (Wildman–Crippen LogP) is 4.68. The first-order valence-corrected chi connectivity index (χ1v) is 10.7. The number of carbonyl (C=O) groups is 1. The second kappa shape index (κ2) is 9.18. The van der Waals surface area contributed by atoms with Gasteiger partial charge in [-0.05, 0) is 50.1 Å². The highest BCUT2D eigenvalue weighted by atomic mass is 16.1. The molecule has 0 spiro atoms. The Morgan fingerprint density at radius 1 is 0.969 bits per heavy atom. The van der Waals surface area contributed by atoms with Crippen LogP contribution in [0, 0.1) is 13.8 Å². The number of ketones is 1. The fraction of sp³-hybridized carbons (Fsp3) is 0.280. The minimum Gasteiger partial charge on any atom is -0.294 e. The largest absolute Gasteiger partial charge is 0.294 e. The maximum Gasteiger partial charge on any atom is 0.163 e. The Kier molecular flexibility index (Phi) is 6.16. The molecule has 4 aromatic rings. The molecule has 0 aliphatic rings. The molecular weight excluding hydrogens is 400 g/mol. The van der Waals surface area contributed by atoms with Crippen LogP contribution in [0.15, 0.2) is 55.2 Å². The van der Waals surface area contributed by atoms with E-state index in [4.69, 9.17) is 0 Å². The third-order valence-electron chi connectivity index (χ3n) is 5.22. The van der Waals surface area contributed by atoms with Crippen molar-refractivity contribution in [3.8, 4) is 16.9 Å². The molecule has 0 saturated heterocycles. The van der Waals surface area contributed by atoms with Crippen molar-refractivity contribution in [3.05, 3.63) is 83.6 Å². The third kappa shape index (κ3) is 4.77. The van der Waals surface area contributed by atoms with Crippen LogP contribution in [0.2, 0.25) is 0 Å². The van der Waals surface area contributed by atoms with Gasteiger partial charge in [-0.15, -0.1) is 0 Å². The van der Waals surface area contributed by atoms with Crippen LogP contribution in [0.4, 0.5) is 0 Å². The molecule has 7 nitrogen and oxygen atoms in total. The van der Waals surface area contributed by atoms with Gasteiger partial charge in [-0.2, -0.15) is 5.10 Å². The zero-order valence-corrected chi connectivity index (χ0v) is 18.8. The molecule has 0 unspecified atom stereocenters. The molecule has 32 heavy (non-hydrogen) atoms. The fourth-order valence-electron chi connectivity index (χ4n) is 3.46. The van der Waals surface area contributed by atoms with Crippen molar-refractivity contribution in [3.63, 3.8) is 0 Å². The summed E-state index contributed by atoms with van der Waals surface area (Å²) in [7, 11) is 0. The zero-order valence-electron chi connectivity index (χ0n) is 18.8. The highest BCUT2D eigenvalue weighted by Gasteiger charge is 2.16. The number of aromatic nitrogens is 6. The van der Waals surface area contributed by atoms with Crippen molar-refractivity contribution < 1.29 is 4.79 Å². The third-order valence-corrected chi connectivity index (χ3v) is 5.22. The second-order valence-electron chi connectivity index (χ2n) is 8.25. The quantitative estimate of drug-likeness (QED) is 0.399. The minimum atomic E-state index is 0.0359. The van der Waals surface area contributed by atoms with Gasteiger partial charge in [0.1, 0.15) is 12.2 Å². The lowest BCUT2D eigenvalue weighted by Crippen LogP contribution is -2.08. The molecule has 4 rings (SSSR count). The standard InChI is InChI=1S/C25H26N6O/c1-16(2)25-29-15-30-31(25)22-10-19(23-7-5-17(3)12-28-23)9-20(11-22)24(32)8-6-21-14-26-18(4)13-27-21/h5,7,9-16H,6,8H2,1-4H3. The number of benzene rings is 1. The molecule has 3 heterocycles. The van der Waals surface area contributed by atoms with Gasteiger partial charge < -0.3 is 0 Å². The van der Waals surface area contributed by atoms with Crippen molar-refractivity contribution in [2.75, 3.05) is 0 Å². The number of rotatable bonds is 7. The second-order valence-corrected chi connectivity index (χ2v) is 8.25.